The molecule has 0 aliphatic carbocycles. The summed E-state index contributed by atoms with van der Waals surface area (Å²) in [5, 5.41) is 5.00. The number of hydrogen-bond donors (Lipinski definition) is 2. The third kappa shape index (κ3) is 4.69. The summed E-state index contributed by atoms with van der Waals surface area (Å²) in [6.45, 7) is 7.33. The largest absolute Gasteiger partial charge is 0.342 e. The van der Waals surface area contributed by atoms with Crippen molar-refractivity contribution in [2.75, 3.05) is 11.9 Å². The van der Waals surface area contributed by atoms with E-state index in [9.17, 15) is 4.79 Å². The van der Waals surface area contributed by atoms with Gasteiger partial charge in [-0.3, -0.25) is 4.79 Å². The molecule has 0 radical (unpaired) electrons. The minimum Gasteiger partial charge on any atom is -0.342 e. The van der Waals surface area contributed by atoms with Crippen molar-refractivity contribution < 1.29 is 0 Å². The van der Waals surface area contributed by atoms with E-state index in [2.05, 4.69) is 40.4 Å². The van der Waals surface area contributed by atoms with Crippen LogP contribution < -0.4 is 10.9 Å². The molecule has 3 rings (SSSR count). The number of benzene rings is 2. The van der Waals surface area contributed by atoms with Crippen molar-refractivity contribution in [3.63, 3.8) is 0 Å². The van der Waals surface area contributed by atoms with Gasteiger partial charge in [-0.05, 0) is 67.9 Å². The highest BCUT2D eigenvalue weighted by Gasteiger charge is 2.14. The number of halogens is 1. The molecule has 0 aliphatic rings. The normalized spacial score (nSPS) is 10.9. The van der Waals surface area contributed by atoms with Crippen LogP contribution in [-0.2, 0) is 6.54 Å². The van der Waals surface area contributed by atoms with Crippen LogP contribution in [0.25, 0.3) is 10.9 Å². The lowest BCUT2D eigenvalue weighted by Crippen LogP contribution is -2.36. The fraction of sp³-hybridized carbons (Fsp3) is 0.286. The second-order valence-electron chi connectivity index (χ2n) is 6.84. The van der Waals surface area contributed by atoms with Crippen molar-refractivity contribution in [2.45, 2.75) is 33.7 Å². The first-order valence-electron chi connectivity index (χ1n) is 9.19. The van der Waals surface area contributed by atoms with Gasteiger partial charge in [0.25, 0.3) is 5.56 Å². The lowest BCUT2D eigenvalue weighted by molar-refractivity contribution is 0.406. The van der Waals surface area contributed by atoms with E-state index >= 15 is 0 Å². The van der Waals surface area contributed by atoms with E-state index in [1.165, 1.54) is 0 Å². The zero-order valence-corrected chi connectivity index (χ0v) is 17.7. The Hall–Kier alpha value is -2.44. The maximum Gasteiger partial charge on any atom is 0.258 e. The average molecular weight is 415 g/mol. The molecule has 1 aromatic heterocycles. The van der Waals surface area contributed by atoms with Crippen LogP contribution in [0.15, 0.2) is 41.2 Å². The van der Waals surface area contributed by atoms with Gasteiger partial charge in [0.05, 0.1) is 17.4 Å². The predicted molar refractivity (Wildman–Crippen MR) is 120 cm³/mol. The lowest BCUT2D eigenvalue weighted by atomic mass is 10.1. The number of nitrogens with one attached hydrogen (secondary N) is 2. The van der Waals surface area contributed by atoms with Crippen LogP contribution in [0.2, 0.25) is 5.02 Å². The molecule has 5 nitrogen and oxygen atoms in total. The van der Waals surface area contributed by atoms with Crippen LogP contribution in [0, 0.1) is 13.8 Å². The Morgan fingerprint density at radius 1 is 1.25 bits per heavy atom. The van der Waals surface area contributed by atoms with Gasteiger partial charge in [0.15, 0.2) is 5.11 Å². The molecular formula is C21H23ClN4OS. The second-order valence-corrected chi connectivity index (χ2v) is 7.67. The SMILES string of the molecule is CCCN(Cc1nc2cc(Cl)ccc2c(=O)[nH]1)C(=S)Nc1cc(C)ccc1C. The third-order valence-electron chi connectivity index (χ3n) is 4.47. The molecule has 0 amide bonds. The monoisotopic (exact) mass is 414 g/mol. The Balaban J connectivity index is 1.86. The summed E-state index contributed by atoms with van der Waals surface area (Å²) in [4.78, 5) is 21.8. The number of nitrogens with zero attached hydrogens (tertiary/aromatic N) is 2. The summed E-state index contributed by atoms with van der Waals surface area (Å²) < 4.78 is 0. The molecule has 0 atom stereocenters. The fourth-order valence-electron chi connectivity index (χ4n) is 3.00. The smallest absolute Gasteiger partial charge is 0.258 e. The number of thiocarbonyl (C=S) groups is 1. The zero-order valence-electron chi connectivity index (χ0n) is 16.2. The number of aromatic nitrogens is 2. The number of aromatic amines is 1. The Bertz CT molecular complexity index is 1080. The molecule has 1 heterocycles. The Kier molecular flexibility index (Phi) is 6.31. The van der Waals surface area contributed by atoms with E-state index in [4.69, 9.17) is 23.8 Å². The highest BCUT2D eigenvalue weighted by Crippen LogP contribution is 2.18. The molecule has 0 fully saturated rings. The summed E-state index contributed by atoms with van der Waals surface area (Å²) in [5.41, 5.74) is 3.67. The van der Waals surface area contributed by atoms with Gasteiger partial charge in [0.1, 0.15) is 5.82 Å². The first kappa shape index (κ1) is 20.3. The van der Waals surface area contributed by atoms with E-state index in [0.717, 1.165) is 29.8 Å². The number of anilines is 1. The van der Waals surface area contributed by atoms with Gasteiger partial charge >= 0.3 is 0 Å². The maximum atomic E-state index is 12.4. The van der Waals surface area contributed by atoms with Crippen LogP contribution in [0.4, 0.5) is 5.69 Å². The minimum absolute atomic E-state index is 0.179. The molecule has 0 saturated heterocycles. The van der Waals surface area contributed by atoms with Crippen molar-refractivity contribution in [3.05, 3.63) is 68.7 Å². The standard InChI is InChI=1S/C21H23ClN4OS/c1-4-9-26(21(28)24-17-10-13(2)5-6-14(17)3)12-19-23-18-11-15(22)7-8-16(18)20(27)25-19/h5-8,10-11H,4,9,12H2,1-3H3,(H,24,28)(H,23,25,27). The molecule has 3 aromatic rings. The van der Waals surface area contributed by atoms with Crippen LogP contribution in [0.1, 0.15) is 30.3 Å². The highest BCUT2D eigenvalue weighted by molar-refractivity contribution is 7.80. The number of hydrogen-bond acceptors (Lipinski definition) is 3. The Labute approximate surface area is 174 Å². The van der Waals surface area contributed by atoms with Crippen LogP contribution in [0.5, 0.6) is 0 Å². The Morgan fingerprint density at radius 2 is 2.04 bits per heavy atom. The lowest BCUT2D eigenvalue weighted by Gasteiger charge is -2.25. The zero-order chi connectivity index (χ0) is 20.3. The predicted octanol–water partition coefficient (Wildman–Crippen LogP) is 4.80. The van der Waals surface area contributed by atoms with Crippen LogP contribution >= 0.6 is 23.8 Å². The van der Waals surface area contributed by atoms with E-state index in [1.54, 1.807) is 18.2 Å². The van der Waals surface area contributed by atoms with Crippen LogP contribution in [0.3, 0.4) is 0 Å². The van der Waals surface area contributed by atoms with E-state index in [1.807, 2.05) is 18.7 Å². The van der Waals surface area contributed by atoms with Gasteiger partial charge < -0.3 is 15.2 Å². The molecule has 0 unspecified atom stereocenters. The maximum absolute atomic E-state index is 12.4. The molecule has 2 N–H and O–H groups in total. The minimum atomic E-state index is -0.179. The van der Waals surface area contributed by atoms with Gasteiger partial charge in [-0.25, -0.2) is 4.98 Å². The van der Waals surface area contributed by atoms with Crippen molar-refractivity contribution in [3.8, 4) is 0 Å². The molecule has 2 aromatic carbocycles. The molecule has 0 aliphatic heterocycles. The summed E-state index contributed by atoms with van der Waals surface area (Å²) >= 11 is 11.7. The fourth-order valence-corrected chi connectivity index (χ4v) is 3.44. The van der Waals surface area contributed by atoms with Gasteiger partial charge in [-0.15, -0.1) is 0 Å². The third-order valence-corrected chi connectivity index (χ3v) is 5.07. The quantitative estimate of drug-likeness (QED) is 0.587. The average Bonchev–Trinajstić information content (AvgIpc) is 2.64. The molecule has 0 saturated carbocycles. The first-order chi connectivity index (χ1) is 13.4. The first-order valence-corrected chi connectivity index (χ1v) is 9.97. The van der Waals surface area contributed by atoms with Crippen molar-refractivity contribution in [1.82, 2.24) is 14.9 Å². The number of H-pyrrole nitrogens is 1. The molecule has 7 heteroatoms. The second kappa shape index (κ2) is 8.71. The summed E-state index contributed by atoms with van der Waals surface area (Å²) in [7, 11) is 0. The molecule has 0 spiro atoms. The number of aryl methyl sites for hydroxylation is 2. The summed E-state index contributed by atoms with van der Waals surface area (Å²) in [5.74, 6) is 0.554. The molecule has 0 bridgehead atoms. The Morgan fingerprint density at radius 3 is 2.79 bits per heavy atom. The summed E-state index contributed by atoms with van der Waals surface area (Å²) in [6.07, 6.45) is 0.915. The molecule has 28 heavy (non-hydrogen) atoms. The number of fused-ring (bicyclic) bond motifs is 1. The van der Waals surface area contributed by atoms with E-state index < -0.39 is 0 Å². The van der Waals surface area contributed by atoms with Gasteiger partial charge in [0, 0.05) is 17.3 Å². The van der Waals surface area contributed by atoms with Crippen molar-refractivity contribution >= 4 is 45.5 Å². The van der Waals surface area contributed by atoms with Gasteiger partial charge in [-0.2, -0.15) is 0 Å². The van der Waals surface area contributed by atoms with Gasteiger partial charge in [-0.1, -0.05) is 30.7 Å². The topological polar surface area (TPSA) is 61.0 Å². The molecule has 146 valence electrons. The highest BCUT2D eigenvalue weighted by atomic mass is 35.5. The van der Waals surface area contributed by atoms with E-state index in [-0.39, 0.29) is 5.56 Å². The molecular weight excluding hydrogens is 392 g/mol. The van der Waals surface area contributed by atoms with E-state index in [0.29, 0.717) is 33.4 Å². The van der Waals surface area contributed by atoms with Crippen LogP contribution in [-0.4, -0.2) is 26.5 Å². The van der Waals surface area contributed by atoms with Crippen molar-refractivity contribution in [2.24, 2.45) is 0 Å². The number of rotatable bonds is 5. The van der Waals surface area contributed by atoms with Gasteiger partial charge in [0.2, 0.25) is 0 Å². The van der Waals surface area contributed by atoms with Crippen molar-refractivity contribution in [1.29, 1.82) is 0 Å². The summed E-state index contributed by atoms with van der Waals surface area (Å²) in [6, 6.07) is 11.3.